The van der Waals surface area contributed by atoms with Crippen LogP contribution >= 0.6 is 0 Å². The summed E-state index contributed by atoms with van der Waals surface area (Å²) >= 11 is 0. The normalized spacial score (nSPS) is 26.0. The average molecular weight is 211 g/mol. The molecule has 1 aromatic heterocycles. The van der Waals surface area contributed by atoms with Gasteiger partial charge in [0.1, 0.15) is 0 Å². The van der Waals surface area contributed by atoms with E-state index in [4.69, 9.17) is 4.52 Å². The number of β-amino-alcohol motifs (C(OH)–C–C–N with tert-alkyl or cyclic N) is 1. The number of hydrogen-bond donors (Lipinski definition) is 2. The van der Waals surface area contributed by atoms with Crippen LogP contribution in [0, 0.1) is 0 Å². The van der Waals surface area contributed by atoms with Crippen LogP contribution in [0.15, 0.2) is 4.52 Å². The summed E-state index contributed by atoms with van der Waals surface area (Å²) in [4.78, 5) is 4.31. The zero-order chi connectivity index (χ0) is 10.7. The summed E-state index contributed by atoms with van der Waals surface area (Å²) in [5.74, 6) is 1.38. The van der Waals surface area contributed by atoms with Crippen LogP contribution in [-0.4, -0.2) is 27.9 Å². The van der Waals surface area contributed by atoms with Crippen LogP contribution < -0.4 is 5.32 Å². The highest BCUT2D eigenvalue weighted by atomic mass is 16.5. The van der Waals surface area contributed by atoms with Crippen molar-refractivity contribution in [2.45, 2.75) is 44.8 Å². The maximum atomic E-state index is 9.36. The van der Waals surface area contributed by atoms with Gasteiger partial charge in [0.05, 0.1) is 12.1 Å². The molecule has 1 aliphatic rings. The molecular formula is C10H17N3O2. The molecule has 2 atom stereocenters. The number of aliphatic hydroxyl groups excluding tert-OH is 1. The highest BCUT2D eigenvalue weighted by molar-refractivity contribution is 4.97. The minimum atomic E-state index is -0.291. The second-order valence-corrected chi connectivity index (χ2v) is 4.00. The zero-order valence-corrected chi connectivity index (χ0v) is 8.94. The van der Waals surface area contributed by atoms with Gasteiger partial charge in [0.15, 0.2) is 5.82 Å². The Balaban J connectivity index is 1.94. The van der Waals surface area contributed by atoms with Crippen LogP contribution in [0.1, 0.15) is 43.9 Å². The van der Waals surface area contributed by atoms with Gasteiger partial charge < -0.3 is 14.9 Å². The van der Waals surface area contributed by atoms with Gasteiger partial charge in [0.25, 0.3) is 0 Å². The third-order valence-corrected chi connectivity index (χ3v) is 2.64. The lowest BCUT2D eigenvalue weighted by Gasteiger charge is -2.01. The predicted octanol–water partition coefficient (Wildman–Crippen LogP) is 0.807. The molecule has 0 aliphatic carbocycles. The van der Waals surface area contributed by atoms with Crippen molar-refractivity contribution in [1.29, 1.82) is 0 Å². The standard InChI is InChI=1S/C10H17N3O2/c1-2-3-4-9-12-10(15-13-9)8-5-7(14)6-11-8/h7-8,11,14H,2-6H2,1H3/t7-,8-/m1/s1. The van der Waals surface area contributed by atoms with Gasteiger partial charge in [-0.15, -0.1) is 0 Å². The molecule has 0 amide bonds. The van der Waals surface area contributed by atoms with E-state index >= 15 is 0 Å². The van der Waals surface area contributed by atoms with Gasteiger partial charge in [-0.2, -0.15) is 4.98 Å². The third kappa shape index (κ3) is 2.54. The quantitative estimate of drug-likeness (QED) is 0.771. The summed E-state index contributed by atoms with van der Waals surface area (Å²) < 4.78 is 5.16. The molecule has 0 unspecified atom stereocenters. The molecule has 15 heavy (non-hydrogen) atoms. The summed E-state index contributed by atoms with van der Waals surface area (Å²) in [5.41, 5.74) is 0. The fourth-order valence-electron chi connectivity index (χ4n) is 1.75. The highest BCUT2D eigenvalue weighted by Gasteiger charge is 2.27. The highest BCUT2D eigenvalue weighted by Crippen LogP contribution is 2.21. The maximum absolute atomic E-state index is 9.36. The number of nitrogens with zero attached hydrogens (tertiary/aromatic N) is 2. The zero-order valence-electron chi connectivity index (χ0n) is 8.94. The molecule has 1 fully saturated rings. The first-order valence-electron chi connectivity index (χ1n) is 5.53. The molecule has 1 aliphatic heterocycles. The Hall–Kier alpha value is -0.940. The first-order valence-corrected chi connectivity index (χ1v) is 5.53. The van der Waals surface area contributed by atoms with Crippen molar-refractivity contribution < 1.29 is 9.63 Å². The number of hydrogen-bond acceptors (Lipinski definition) is 5. The fourth-order valence-corrected chi connectivity index (χ4v) is 1.75. The molecule has 0 spiro atoms. The van der Waals surface area contributed by atoms with Gasteiger partial charge in [0.2, 0.25) is 5.89 Å². The van der Waals surface area contributed by atoms with Crippen molar-refractivity contribution >= 4 is 0 Å². The van der Waals surface area contributed by atoms with Gasteiger partial charge in [-0.25, -0.2) is 0 Å². The second-order valence-electron chi connectivity index (χ2n) is 4.00. The number of nitrogens with one attached hydrogen (secondary N) is 1. The van der Waals surface area contributed by atoms with E-state index in [0.717, 1.165) is 25.1 Å². The molecule has 1 aromatic rings. The Morgan fingerprint density at radius 2 is 2.47 bits per heavy atom. The molecule has 0 bridgehead atoms. The molecule has 0 saturated carbocycles. The van der Waals surface area contributed by atoms with Crippen LogP contribution in [0.4, 0.5) is 0 Å². The smallest absolute Gasteiger partial charge is 0.243 e. The van der Waals surface area contributed by atoms with E-state index in [1.807, 2.05) is 0 Å². The number of aryl methyl sites for hydroxylation is 1. The van der Waals surface area contributed by atoms with Crippen molar-refractivity contribution in [3.05, 3.63) is 11.7 Å². The number of aromatic nitrogens is 2. The number of aliphatic hydroxyl groups is 1. The van der Waals surface area contributed by atoms with Crippen LogP contribution in [0.2, 0.25) is 0 Å². The Morgan fingerprint density at radius 3 is 3.13 bits per heavy atom. The van der Waals surface area contributed by atoms with Crippen LogP contribution in [0.25, 0.3) is 0 Å². The fraction of sp³-hybridized carbons (Fsp3) is 0.800. The van der Waals surface area contributed by atoms with Gasteiger partial charge in [0, 0.05) is 13.0 Å². The van der Waals surface area contributed by atoms with Gasteiger partial charge in [-0.1, -0.05) is 18.5 Å². The first-order chi connectivity index (χ1) is 7.29. The van der Waals surface area contributed by atoms with E-state index < -0.39 is 0 Å². The minimum Gasteiger partial charge on any atom is -0.392 e. The molecule has 0 radical (unpaired) electrons. The van der Waals surface area contributed by atoms with Crippen molar-refractivity contribution in [2.24, 2.45) is 0 Å². The lowest BCUT2D eigenvalue weighted by Crippen LogP contribution is -2.15. The topological polar surface area (TPSA) is 71.2 Å². The predicted molar refractivity (Wildman–Crippen MR) is 54.3 cm³/mol. The molecule has 2 N–H and O–H groups in total. The Kier molecular flexibility index (Phi) is 3.33. The largest absolute Gasteiger partial charge is 0.392 e. The second kappa shape index (κ2) is 4.72. The van der Waals surface area contributed by atoms with Crippen molar-refractivity contribution in [1.82, 2.24) is 15.5 Å². The summed E-state index contributed by atoms with van der Waals surface area (Å²) in [6.45, 7) is 2.74. The van der Waals surface area contributed by atoms with Gasteiger partial charge >= 0.3 is 0 Å². The maximum Gasteiger partial charge on any atom is 0.243 e. The molecule has 0 aromatic carbocycles. The van der Waals surface area contributed by atoms with E-state index in [0.29, 0.717) is 18.9 Å². The van der Waals surface area contributed by atoms with Crippen LogP contribution in [0.5, 0.6) is 0 Å². The monoisotopic (exact) mass is 211 g/mol. The lowest BCUT2D eigenvalue weighted by atomic mass is 10.2. The average Bonchev–Trinajstić information content (AvgIpc) is 2.83. The summed E-state index contributed by atoms with van der Waals surface area (Å²) in [5, 5.41) is 16.4. The number of rotatable bonds is 4. The molecule has 2 heterocycles. The summed E-state index contributed by atoms with van der Waals surface area (Å²) in [7, 11) is 0. The molecule has 1 saturated heterocycles. The van der Waals surface area contributed by atoms with E-state index in [1.54, 1.807) is 0 Å². The molecule has 5 nitrogen and oxygen atoms in total. The van der Waals surface area contributed by atoms with Gasteiger partial charge in [-0.05, 0) is 12.8 Å². The third-order valence-electron chi connectivity index (χ3n) is 2.64. The van der Waals surface area contributed by atoms with Gasteiger partial charge in [-0.3, -0.25) is 0 Å². The lowest BCUT2D eigenvalue weighted by molar-refractivity contribution is 0.191. The van der Waals surface area contributed by atoms with Crippen molar-refractivity contribution in [2.75, 3.05) is 6.54 Å². The van der Waals surface area contributed by atoms with Crippen molar-refractivity contribution in [3.8, 4) is 0 Å². The molecule has 2 rings (SSSR count). The molecule has 5 heteroatoms. The first kappa shape index (κ1) is 10.6. The van der Waals surface area contributed by atoms with Crippen molar-refractivity contribution in [3.63, 3.8) is 0 Å². The van der Waals surface area contributed by atoms with E-state index in [9.17, 15) is 5.11 Å². The minimum absolute atomic E-state index is 0.0304. The van der Waals surface area contributed by atoms with Crippen LogP contribution in [-0.2, 0) is 6.42 Å². The summed E-state index contributed by atoms with van der Waals surface area (Å²) in [6.07, 6.45) is 3.45. The Labute approximate surface area is 88.9 Å². The summed E-state index contributed by atoms with van der Waals surface area (Å²) in [6, 6.07) is 0.0304. The molecule has 84 valence electrons. The Morgan fingerprint density at radius 1 is 1.60 bits per heavy atom. The van der Waals surface area contributed by atoms with E-state index in [2.05, 4.69) is 22.4 Å². The SMILES string of the molecule is CCCCc1noc([C@H]2C[C@@H](O)CN2)n1. The number of unbranched alkanes of at least 4 members (excludes halogenated alkanes) is 1. The Bertz CT molecular complexity index is 313. The molecular weight excluding hydrogens is 194 g/mol. The van der Waals surface area contributed by atoms with E-state index in [1.165, 1.54) is 0 Å². The van der Waals surface area contributed by atoms with E-state index in [-0.39, 0.29) is 12.1 Å². The van der Waals surface area contributed by atoms with Crippen LogP contribution in [0.3, 0.4) is 0 Å².